The van der Waals surface area contributed by atoms with Gasteiger partial charge in [0.15, 0.2) is 0 Å². The molecule has 0 atom stereocenters. The fourth-order valence-corrected chi connectivity index (χ4v) is 4.95. The van der Waals surface area contributed by atoms with Crippen LogP contribution in [0.5, 0.6) is 5.75 Å². The summed E-state index contributed by atoms with van der Waals surface area (Å²) in [7, 11) is 1.61. The summed E-state index contributed by atoms with van der Waals surface area (Å²) < 4.78 is 6.68. The SMILES string of the molecule is COc1ccc(/C=C(\C(=O)N2CCN(C(c3ccccc3)c3ccccc3)CC2)n2ccccc2=O)cc1. The molecule has 1 aliphatic rings. The molecule has 192 valence electrons. The topological polar surface area (TPSA) is 54.8 Å². The van der Waals surface area contributed by atoms with Crippen LogP contribution in [0.2, 0.25) is 0 Å². The standard InChI is InChI=1S/C32H31N3O3/c1-38-28-17-15-25(16-18-28)24-29(35-19-9-8-14-30(35)36)32(37)34-22-20-33(21-23-34)31(26-10-4-2-5-11-26)27-12-6-3-7-13-27/h2-19,24,31H,20-23H2,1H3/b29-24+. The Morgan fingerprint density at radius 1 is 0.763 bits per heavy atom. The summed E-state index contributed by atoms with van der Waals surface area (Å²) in [5.41, 5.74) is 3.37. The molecule has 6 heteroatoms. The smallest absolute Gasteiger partial charge is 0.271 e. The fourth-order valence-electron chi connectivity index (χ4n) is 4.95. The predicted molar refractivity (Wildman–Crippen MR) is 151 cm³/mol. The molecular formula is C32H31N3O3. The van der Waals surface area contributed by atoms with Crippen LogP contribution in [0.25, 0.3) is 11.8 Å². The third-order valence-corrected chi connectivity index (χ3v) is 6.92. The third kappa shape index (κ3) is 5.61. The molecule has 1 saturated heterocycles. The number of hydrogen-bond donors (Lipinski definition) is 0. The van der Waals surface area contributed by atoms with Crippen LogP contribution < -0.4 is 10.3 Å². The summed E-state index contributed by atoms with van der Waals surface area (Å²) >= 11 is 0. The van der Waals surface area contributed by atoms with Crippen LogP contribution in [0.4, 0.5) is 0 Å². The Morgan fingerprint density at radius 3 is 1.89 bits per heavy atom. The van der Waals surface area contributed by atoms with Crippen molar-refractivity contribution in [1.82, 2.24) is 14.4 Å². The van der Waals surface area contributed by atoms with E-state index in [0.717, 1.165) is 24.4 Å². The van der Waals surface area contributed by atoms with Gasteiger partial charge in [-0.25, -0.2) is 0 Å². The minimum absolute atomic E-state index is 0.112. The van der Waals surface area contributed by atoms with Gasteiger partial charge < -0.3 is 9.64 Å². The highest BCUT2D eigenvalue weighted by Gasteiger charge is 2.29. The summed E-state index contributed by atoms with van der Waals surface area (Å²) in [5.74, 6) is 0.569. The van der Waals surface area contributed by atoms with Crippen molar-refractivity contribution in [3.05, 3.63) is 136 Å². The summed E-state index contributed by atoms with van der Waals surface area (Å²) in [6.45, 7) is 2.58. The average molecular weight is 506 g/mol. The Kier molecular flexibility index (Phi) is 7.81. The second-order valence-electron chi connectivity index (χ2n) is 9.26. The molecule has 1 aliphatic heterocycles. The number of aromatic nitrogens is 1. The number of piperazine rings is 1. The maximum absolute atomic E-state index is 13.8. The normalized spacial score (nSPS) is 14.5. The highest BCUT2D eigenvalue weighted by atomic mass is 16.5. The second kappa shape index (κ2) is 11.8. The monoisotopic (exact) mass is 505 g/mol. The lowest BCUT2D eigenvalue weighted by Gasteiger charge is -2.40. The zero-order valence-electron chi connectivity index (χ0n) is 21.4. The molecule has 1 amide bonds. The Hall–Kier alpha value is -4.42. The molecule has 3 aromatic carbocycles. The number of ether oxygens (including phenoxy) is 1. The van der Waals surface area contributed by atoms with Crippen molar-refractivity contribution in [3.63, 3.8) is 0 Å². The van der Waals surface area contributed by atoms with E-state index in [1.165, 1.54) is 21.8 Å². The van der Waals surface area contributed by atoms with Gasteiger partial charge in [0.2, 0.25) is 0 Å². The number of nitrogens with zero attached hydrogens (tertiary/aromatic N) is 3. The maximum Gasteiger partial charge on any atom is 0.271 e. The van der Waals surface area contributed by atoms with E-state index in [-0.39, 0.29) is 17.5 Å². The van der Waals surface area contributed by atoms with Crippen LogP contribution in [0.15, 0.2) is 114 Å². The average Bonchev–Trinajstić information content (AvgIpc) is 2.98. The molecule has 0 radical (unpaired) electrons. The van der Waals surface area contributed by atoms with Crippen LogP contribution in [-0.4, -0.2) is 53.6 Å². The van der Waals surface area contributed by atoms with Gasteiger partial charge in [0, 0.05) is 38.4 Å². The Bertz CT molecular complexity index is 1400. The summed E-state index contributed by atoms with van der Waals surface area (Å²) in [4.78, 5) is 30.8. The van der Waals surface area contributed by atoms with E-state index in [1.807, 2.05) is 41.3 Å². The van der Waals surface area contributed by atoms with Crippen molar-refractivity contribution in [2.45, 2.75) is 6.04 Å². The Labute approximate surface area is 223 Å². The molecular weight excluding hydrogens is 474 g/mol. The minimum atomic E-state index is -0.243. The summed E-state index contributed by atoms with van der Waals surface area (Å²) in [6.07, 6.45) is 3.42. The zero-order valence-corrected chi connectivity index (χ0v) is 21.4. The number of pyridine rings is 1. The summed E-state index contributed by atoms with van der Waals surface area (Å²) in [5, 5.41) is 0. The van der Waals surface area contributed by atoms with Crippen LogP contribution in [0, 0.1) is 0 Å². The van der Waals surface area contributed by atoms with Gasteiger partial charge in [-0.15, -0.1) is 0 Å². The van der Waals surface area contributed by atoms with Gasteiger partial charge in [0.1, 0.15) is 11.4 Å². The molecule has 0 N–H and O–H groups in total. The summed E-state index contributed by atoms with van der Waals surface area (Å²) in [6, 6.07) is 33.4. The van der Waals surface area contributed by atoms with E-state index in [0.29, 0.717) is 18.8 Å². The maximum atomic E-state index is 13.8. The Morgan fingerprint density at radius 2 is 1.34 bits per heavy atom. The largest absolute Gasteiger partial charge is 0.497 e. The van der Waals surface area contributed by atoms with Crippen molar-refractivity contribution in [2.75, 3.05) is 33.3 Å². The molecule has 0 unspecified atom stereocenters. The van der Waals surface area contributed by atoms with E-state index in [4.69, 9.17) is 4.74 Å². The van der Waals surface area contributed by atoms with Gasteiger partial charge in [-0.05, 0) is 41.0 Å². The lowest BCUT2D eigenvalue weighted by Crippen LogP contribution is -2.50. The van der Waals surface area contributed by atoms with Crippen LogP contribution in [0.3, 0.4) is 0 Å². The molecule has 6 nitrogen and oxygen atoms in total. The molecule has 0 bridgehead atoms. The molecule has 5 rings (SSSR count). The molecule has 4 aromatic rings. The number of rotatable bonds is 7. The first-order valence-electron chi connectivity index (χ1n) is 12.8. The number of carbonyl (C=O) groups excluding carboxylic acids is 1. The number of carbonyl (C=O) groups is 1. The van der Waals surface area contributed by atoms with Crippen LogP contribution in [0.1, 0.15) is 22.7 Å². The molecule has 0 spiro atoms. The van der Waals surface area contributed by atoms with Crippen LogP contribution in [-0.2, 0) is 4.79 Å². The van der Waals surface area contributed by atoms with Crippen molar-refractivity contribution < 1.29 is 9.53 Å². The first-order chi connectivity index (χ1) is 18.6. The molecule has 1 aromatic heterocycles. The van der Waals surface area contributed by atoms with E-state index in [1.54, 1.807) is 31.5 Å². The number of benzene rings is 3. The molecule has 0 aliphatic carbocycles. The van der Waals surface area contributed by atoms with Crippen LogP contribution >= 0.6 is 0 Å². The first-order valence-corrected chi connectivity index (χ1v) is 12.8. The van der Waals surface area contributed by atoms with E-state index < -0.39 is 0 Å². The van der Waals surface area contributed by atoms with Gasteiger partial charge in [-0.1, -0.05) is 78.9 Å². The van der Waals surface area contributed by atoms with Gasteiger partial charge in [-0.2, -0.15) is 0 Å². The van der Waals surface area contributed by atoms with Gasteiger partial charge in [-0.3, -0.25) is 19.1 Å². The first kappa shape index (κ1) is 25.2. The lowest BCUT2D eigenvalue weighted by atomic mass is 9.96. The Balaban J connectivity index is 1.40. The minimum Gasteiger partial charge on any atom is -0.497 e. The predicted octanol–water partition coefficient (Wildman–Crippen LogP) is 4.79. The fraction of sp³-hybridized carbons (Fsp3) is 0.188. The zero-order chi connectivity index (χ0) is 26.3. The number of methoxy groups -OCH3 is 1. The van der Waals surface area contributed by atoms with Gasteiger partial charge >= 0.3 is 0 Å². The lowest BCUT2D eigenvalue weighted by molar-refractivity contribution is -0.127. The molecule has 0 saturated carbocycles. The molecule has 38 heavy (non-hydrogen) atoms. The van der Waals surface area contributed by atoms with Crippen molar-refractivity contribution >= 4 is 17.7 Å². The number of hydrogen-bond acceptors (Lipinski definition) is 4. The highest BCUT2D eigenvalue weighted by Crippen LogP contribution is 2.30. The molecule has 1 fully saturated rings. The van der Waals surface area contributed by atoms with E-state index >= 15 is 0 Å². The van der Waals surface area contributed by atoms with Crippen molar-refractivity contribution in [2.24, 2.45) is 0 Å². The highest BCUT2D eigenvalue weighted by molar-refractivity contribution is 6.18. The van der Waals surface area contributed by atoms with Crippen molar-refractivity contribution in [3.8, 4) is 5.75 Å². The van der Waals surface area contributed by atoms with E-state index in [9.17, 15) is 9.59 Å². The third-order valence-electron chi connectivity index (χ3n) is 6.92. The van der Waals surface area contributed by atoms with Gasteiger partial charge in [0.25, 0.3) is 11.5 Å². The second-order valence-corrected chi connectivity index (χ2v) is 9.26. The van der Waals surface area contributed by atoms with Crippen molar-refractivity contribution in [1.29, 1.82) is 0 Å². The van der Waals surface area contributed by atoms with Gasteiger partial charge in [0.05, 0.1) is 13.2 Å². The quantitative estimate of drug-likeness (QED) is 0.339. The number of amides is 1. The van der Waals surface area contributed by atoms with E-state index in [2.05, 4.69) is 53.4 Å². The molecule has 2 heterocycles.